The highest BCUT2D eigenvalue weighted by molar-refractivity contribution is 7.18. The van der Waals surface area contributed by atoms with Gasteiger partial charge in [-0.1, -0.05) is 0 Å². The number of benzene rings is 1. The van der Waals surface area contributed by atoms with E-state index >= 15 is 0 Å². The molecule has 6 heteroatoms. The predicted octanol–water partition coefficient (Wildman–Crippen LogP) is 1.98. The van der Waals surface area contributed by atoms with Crippen LogP contribution in [0.4, 0.5) is 0 Å². The van der Waals surface area contributed by atoms with Gasteiger partial charge in [0.2, 0.25) is 0 Å². The number of rotatable bonds is 4. The van der Waals surface area contributed by atoms with Crippen LogP contribution in [0.3, 0.4) is 0 Å². The van der Waals surface area contributed by atoms with Gasteiger partial charge in [0.05, 0.1) is 15.2 Å². The summed E-state index contributed by atoms with van der Waals surface area (Å²) in [4.78, 5) is 6.70. The molecular weight excluding hydrogens is 298 g/mol. The van der Waals surface area contributed by atoms with E-state index in [0.717, 1.165) is 40.6 Å². The number of hydrogen-bond donors (Lipinski definition) is 2. The Morgan fingerprint density at radius 3 is 3.05 bits per heavy atom. The van der Waals surface area contributed by atoms with E-state index in [9.17, 15) is 5.11 Å². The molecule has 1 aromatic carbocycles. The molecule has 0 saturated carbocycles. The van der Waals surface area contributed by atoms with Gasteiger partial charge >= 0.3 is 0 Å². The number of nitrogens with one attached hydrogen (secondary N) is 1. The number of aromatic nitrogens is 1. The fourth-order valence-corrected chi connectivity index (χ4v) is 3.71. The number of piperazine rings is 1. The third-order valence-corrected chi connectivity index (χ3v) is 4.85. The highest BCUT2D eigenvalue weighted by Crippen LogP contribution is 2.27. The highest BCUT2D eigenvalue weighted by atomic mass is 32.1. The van der Waals surface area contributed by atoms with E-state index in [-0.39, 0.29) is 6.23 Å². The molecule has 5 nitrogen and oxygen atoms in total. The van der Waals surface area contributed by atoms with Crippen LogP contribution in [0.5, 0.6) is 5.75 Å². The Hall–Kier alpha value is -1.21. The summed E-state index contributed by atoms with van der Waals surface area (Å²) in [6.45, 7) is 8.59. The molecule has 120 valence electrons. The smallest absolute Gasteiger partial charge is 0.178 e. The van der Waals surface area contributed by atoms with Crippen LogP contribution in [-0.4, -0.2) is 53.0 Å². The molecule has 1 fully saturated rings. The number of aliphatic hydroxyl groups excluding tert-OH is 1. The SMILES string of the molecule is Cc1nc2cc(OC([C@@H](C)O)N3CCN[C@@H](C)C3)ccc2s1. The van der Waals surface area contributed by atoms with Gasteiger partial charge in [0, 0.05) is 31.7 Å². The number of aliphatic hydroxyl groups is 1. The lowest BCUT2D eigenvalue weighted by Gasteiger charge is -2.38. The molecule has 2 aromatic rings. The molecule has 1 aromatic heterocycles. The molecule has 1 unspecified atom stereocenters. The molecule has 1 saturated heterocycles. The van der Waals surface area contributed by atoms with Crippen molar-refractivity contribution >= 4 is 21.6 Å². The maximum Gasteiger partial charge on any atom is 0.178 e. The molecule has 22 heavy (non-hydrogen) atoms. The molecule has 0 amide bonds. The second-order valence-corrected chi connectivity index (χ2v) is 7.20. The lowest BCUT2D eigenvalue weighted by atomic mass is 10.2. The first-order valence-corrected chi connectivity index (χ1v) is 8.54. The summed E-state index contributed by atoms with van der Waals surface area (Å²) < 4.78 is 7.26. The van der Waals surface area contributed by atoms with Crippen molar-refractivity contribution < 1.29 is 9.84 Å². The summed E-state index contributed by atoms with van der Waals surface area (Å²) in [6.07, 6.45) is -0.889. The Kier molecular flexibility index (Phi) is 4.63. The third-order valence-electron chi connectivity index (χ3n) is 3.90. The quantitative estimate of drug-likeness (QED) is 0.902. The van der Waals surface area contributed by atoms with Gasteiger partial charge in [-0.2, -0.15) is 0 Å². The Balaban J connectivity index is 1.79. The fraction of sp³-hybridized carbons (Fsp3) is 0.562. The van der Waals surface area contributed by atoms with E-state index in [4.69, 9.17) is 4.74 Å². The first-order chi connectivity index (χ1) is 10.5. The van der Waals surface area contributed by atoms with Crippen molar-refractivity contribution in [2.24, 2.45) is 0 Å². The molecule has 3 atom stereocenters. The van der Waals surface area contributed by atoms with Gasteiger partial charge in [-0.15, -0.1) is 11.3 Å². The lowest BCUT2D eigenvalue weighted by Crippen LogP contribution is -2.57. The van der Waals surface area contributed by atoms with Crippen molar-refractivity contribution in [1.29, 1.82) is 0 Å². The molecule has 3 rings (SSSR count). The number of thiazole rings is 1. The normalized spacial score (nSPS) is 22.6. The van der Waals surface area contributed by atoms with E-state index in [1.54, 1.807) is 18.3 Å². The molecular formula is C16H23N3O2S. The zero-order valence-electron chi connectivity index (χ0n) is 13.2. The largest absolute Gasteiger partial charge is 0.472 e. The average molecular weight is 321 g/mol. The van der Waals surface area contributed by atoms with Crippen molar-refractivity contribution in [3.05, 3.63) is 23.2 Å². The molecule has 1 aliphatic heterocycles. The van der Waals surface area contributed by atoms with E-state index in [0.29, 0.717) is 6.04 Å². The van der Waals surface area contributed by atoms with Gasteiger partial charge in [-0.3, -0.25) is 4.90 Å². The Bertz CT molecular complexity index is 643. The molecule has 0 radical (unpaired) electrons. The second-order valence-electron chi connectivity index (χ2n) is 5.96. The molecule has 2 N–H and O–H groups in total. The summed E-state index contributed by atoms with van der Waals surface area (Å²) in [5.74, 6) is 0.759. The molecule has 1 aliphatic rings. The van der Waals surface area contributed by atoms with E-state index in [1.807, 2.05) is 25.1 Å². The zero-order valence-corrected chi connectivity index (χ0v) is 14.1. The van der Waals surface area contributed by atoms with E-state index in [1.165, 1.54) is 0 Å². The van der Waals surface area contributed by atoms with Gasteiger partial charge in [0.25, 0.3) is 0 Å². The van der Waals surface area contributed by atoms with Gasteiger partial charge in [0.1, 0.15) is 11.9 Å². The van der Waals surface area contributed by atoms with Gasteiger partial charge in [-0.05, 0) is 32.9 Å². The Labute approximate surface area is 134 Å². The van der Waals surface area contributed by atoms with Crippen LogP contribution in [0.25, 0.3) is 10.2 Å². The summed E-state index contributed by atoms with van der Waals surface area (Å²) >= 11 is 1.68. The van der Waals surface area contributed by atoms with Crippen molar-refractivity contribution in [2.75, 3.05) is 19.6 Å². The van der Waals surface area contributed by atoms with Crippen molar-refractivity contribution in [3.63, 3.8) is 0 Å². The first-order valence-electron chi connectivity index (χ1n) is 7.72. The number of hydrogen-bond acceptors (Lipinski definition) is 6. The standard InChI is InChI=1S/C16H23N3O2S/c1-10-9-19(7-6-17-10)16(11(2)20)21-13-4-5-15-14(8-13)18-12(3)22-15/h4-5,8,10-11,16-17,20H,6-7,9H2,1-3H3/t10-,11+,16?/m0/s1. The van der Waals surface area contributed by atoms with Crippen LogP contribution in [0.15, 0.2) is 18.2 Å². The highest BCUT2D eigenvalue weighted by Gasteiger charge is 2.28. The zero-order chi connectivity index (χ0) is 15.7. The number of aryl methyl sites for hydroxylation is 1. The summed E-state index contributed by atoms with van der Waals surface area (Å²) in [7, 11) is 0. The molecule has 0 spiro atoms. The van der Waals surface area contributed by atoms with Gasteiger partial charge in [-0.25, -0.2) is 4.98 Å². The van der Waals surface area contributed by atoms with Crippen molar-refractivity contribution in [3.8, 4) is 5.75 Å². The minimum atomic E-state index is -0.557. The van der Waals surface area contributed by atoms with Crippen LogP contribution in [0.1, 0.15) is 18.9 Å². The Morgan fingerprint density at radius 1 is 1.50 bits per heavy atom. The summed E-state index contributed by atoms with van der Waals surface area (Å²) in [5, 5.41) is 14.6. The van der Waals surface area contributed by atoms with E-state index < -0.39 is 6.10 Å². The lowest BCUT2D eigenvalue weighted by molar-refractivity contribution is -0.0673. The first kappa shape index (κ1) is 15.7. The molecule has 0 aliphatic carbocycles. The van der Waals surface area contributed by atoms with Crippen LogP contribution in [0.2, 0.25) is 0 Å². The topological polar surface area (TPSA) is 57.6 Å². The number of nitrogens with zero attached hydrogens (tertiary/aromatic N) is 2. The predicted molar refractivity (Wildman–Crippen MR) is 89.5 cm³/mol. The Morgan fingerprint density at radius 2 is 2.32 bits per heavy atom. The summed E-state index contributed by atoms with van der Waals surface area (Å²) in [5.41, 5.74) is 0.957. The minimum absolute atomic E-state index is 0.332. The fourth-order valence-electron chi connectivity index (χ4n) is 2.91. The average Bonchev–Trinajstić information content (AvgIpc) is 2.83. The molecule has 0 bridgehead atoms. The van der Waals surface area contributed by atoms with Crippen LogP contribution < -0.4 is 10.1 Å². The molecule has 2 heterocycles. The maximum absolute atomic E-state index is 10.1. The van der Waals surface area contributed by atoms with Gasteiger partial charge in [0.15, 0.2) is 6.23 Å². The van der Waals surface area contributed by atoms with Crippen LogP contribution in [-0.2, 0) is 0 Å². The van der Waals surface area contributed by atoms with Crippen molar-refractivity contribution in [1.82, 2.24) is 15.2 Å². The van der Waals surface area contributed by atoms with Crippen LogP contribution >= 0.6 is 11.3 Å². The third kappa shape index (κ3) is 3.41. The van der Waals surface area contributed by atoms with Crippen LogP contribution in [0, 0.1) is 6.92 Å². The monoisotopic (exact) mass is 321 g/mol. The number of ether oxygens (including phenoxy) is 1. The minimum Gasteiger partial charge on any atom is -0.472 e. The second kappa shape index (κ2) is 6.50. The summed E-state index contributed by atoms with van der Waals surface area (Å²) in [6, 6.07) is 6.36. The van der Waals surface area contributed by atoms with Gasteiger partial charge < -0.3 is 15.2 Å². The van der Waals surface area contributed by atoms with E-state index in [2.05, 4.69) is 22.1 Å². The maximum atomic E-state index is 10.1. The number of fused-ring (bicyclic) bond motifs is 1. The van der Waals surface area contributed by atoms with Crippen molar-refractivity contribution in [2.45, 2.75) is 39.1 Å².